The van der Waals surface area contributed by atoms with Gasteiger partial charge >= 0.3 is 0 Å². The Labute approximate surface area is 111 Å². The van der Waals surface area contributed by atoms with Crippen molar-refractivity contribution in [3.63, 3.8) is 0 Å². The number of ether oxygens (including phenoxy) is 1. The Kier molecular flexibility index (Phi) is 4.71. The summed E-state index contributed by atoms with van der Waals surface area (Å²) >= 11 is 1.71. The number of rotatable bonds is 5. The molecule has 1 saturated heterocycles. The van der Waals surface area contributed by atoms with Crippen LogP contribution in [0, 0.1) is 0 Å². The van der Waals surface area contributed by atoms with Crippen LogP contribution in [0.3, 0.4) is 0 Å². The van der Waals surface area contributed by atoms with Gasteiger partial charge in [0.25, 0.3) is 5.91 Å². The van der Waals surface area contributed by atoms with Gasteiger partial charge in [-0.1, -0.05) is 0 Å². The first kappa shape index (κ1) is 13.5. The average Bonchev–Trinajstić information content (AvgIpc) is 2.99. The van der Waals surface area contributed by atoms with Crippen molar-refractivity contribution in [3.05, 3.63) is 22.4 Å². The molecule has 1 fully saturated rings. The molecule has 2 heterocycles. The molecule has 0 bridgehead atoms. The van der Waals surface area contributed by atoms with Crippen LogP contribution >= 0.6 is 11.3 Å². The third-order valence-corrected chi connectivity index (χ3v) is 3.82. The number of nitrogens with zero attached hydrogens (tertiary/aromatic N) is 1. The van der Waals surface area contributed by atoms with Gasteiger partial charge in [0.2, 0.25) is 0 Å². The van der Waals surface area contributed by atoms with Crippen molar-refractivity contribution in [2.75, 3.05) is 13.6 Å². The van der Waals surface area contributed by atoms with Crippen molar-refractivity contribution in [1.29, 1.82) is 0 Å². The largest absolute Gasteiger partial charge is 0.364 e. The molecule has 6 heteroatoms. The Bertz CT molecular complexity index is 383. The molecule has 0 saturated carbocycles. The van der Waals surface area contributed by atoms with E-state index in [1.807, 2.05) is 0 Å². The molecular formula is C12H19N3O2S. The Morgan fingerprint density at radius 2 is 2.50 bits per heavy atom. The summed E-state index contributed by atoms with van der Waals surface area (Å²) in [7, 11) is 2.07. The molecule has 0 aromatic carbocycles. The Hall–Kier alpha value is -0.950. The number of hydrogen-bond acceptors (Lipinski definition) is 5. The number of nitrogens with one attached hydrogen (secondary N) is 1. The number of nitrogens with two attached hydrogens (primary N) is 1. The monoisotopic (exact) mass is 269 g/mol. The maximum atomic E-state index is 11.3. The van der Waals surface area contributed by atoms with Crippen LogP contribution in [-0.4, -0.2) is 36.6 Å². The minimum Gasteiger partial charge on any atom is -0.364 e. The molecular weight excluding hydrogens is 250 g/mol. The summed E-state index contributed by atoms with van der Waals surface area (Å²) in [4.78, 5) is 13.5. The zero-order valence-electron chi connectivity index (χ0n) is 10.5. The van der Waals surface area contributed by atoms with E-state index in [4.69, 9.17) is 10.6 Å². The van der Waals surface area contributed by atoms with Gasteiger partial charge < -0.3 is 4.74 Å². The highest BCUT2D eigenvalue weighted by atomic mass is 32.1. The smallest absolute Gasteiger partial charge is 0.263 e. The molecule has 18 heavy (non-hydrogen) atoms. The number of carbonyl (C=O) groups excluding carboxylic acids is 1. The molecule has 100 valence electrons. The molecule has 5 nitrogen and oxygen atoms in total. The third kappa shape index (κ3) is 3.52. The minimum absolute atomic E-state index is 0.121. The number of likely N-dealkylation sites (N-methyl/N-ethyl adjacent to an activating group) is 1. The van der Waals surface area contributed by atoms with E-state index < -0.39 is 0 Å². The number of hydrogen-bond donors (Lipinski definition) is 2. The Morgan fingerprint density at radius 3 is 3.17 bits per heavy atom. The van der Waals surface area contributed by atoms with Gasteiger partial charge in [-0.05, 0) is 42.3 Å². The SMILES string of the molecule is CN(Cc1ccsc1)CC1CCC(C(=O)NN)O1. The first-order valence-corrected chi connectivity index (χ1v) is 6.99. The van der Waals surface area contributed by atoms with Crippen LogP contribution in [0.15, 0.2) is 16.8 Å². The molecule has 0 spiro atoms. The van der Waals surface area contributed by atoms with Gasteiger partial charge in [-0.2, -0.15) is 11.3 Å². The second-order valence-electron chi connectivity index (χ2n) is 4.66. The fraction of sp³-hybridized carbons (Fsp3) is 0.583. The topological polar surface area (TPSA) is 67.6 Å². The normalized spacial score (nSPS) is 23.5. The molecule has 2 rings (SSSR count). The Morgan fingerprint density at radius 1 is 1.67 bits per heavy atom. The summed E-state index contributed by atoms with van der Waals surface area (Å²) in [5, 5.41) is 4.23. The van der Waals surface area contributed by atoms with E-state index in [2.05, 4.69) is 34.2 Å². The molecule has 3 N–H and O–H groups in total. The summed E-state index contributed by atoms with van der Waals surface area (Å²) in [6, 6.07) is 2.13. The molecule has 1 aliphatic rings. The number of amides is 1. The van der Waals surface area contributed by atoms with E-state index in [1.165, 1.54) is 5.56 Å². The van der Waals surface area contributed by atoms with Crippen molar-refractivity contribution >= 4 is 17.2 Å². The van der Waals surface area contributed by atoms with Gasteiger partial charge in [-0.3, -0.25) is 15.1 Å². The quantitative estimate of drug-likeness (QED) is 0.469. The van der Waals surface area contributed by atoms with Crippen molar-refractivity contribution in [2.24, 2.45) is 5.84 Å². The van der Waals surface area contributed by atoms with Gasteiger partial charge in [0.1, 0.15) is 6.10 Å². The second-order valence-corrected chi connectivity index (χ2v) is 5.44. The maximum Gasteiger partial charge on any atom is 0.263 e. The average molecular weight is 269 g/mol. The van der Waals surface area contributed by atoms with E-state index in [0.717, 1.165) is 25.9 Å². The van der Waals surface area contributed by atoms with Gasteiger partial charge in [-0.25, -0.2) is 5.84 Å². The van der Waals surface area contributed by atoms with Crippen molar-refractivity contribution < 1.29 is 9.53 Å². The van der Waals surface area contributed by atoms with Crippen LogP contribution in [0.1, 0.15) is 18.4 Å². The highest BCUT2D eigenvalue weighted by Gasteiger charge is 2.30. The highest BCUT2D eigenvalue weighted by Crippen LogP contribution is 2.21. The van der Waals surface area contributed by atoms with Crippen molar-refractivity contribution in [1.82, 2.24) is 10.3 Å². The highest BCUT2D eigenvalue weighted by molar-refractivity contribution is 7.07. The lowest BCUT2D eigenvalue weighted by Crippen LogP contribution is -2.39. The lowest BCUT2D eigenvalue weighted by molar-refractivity contribution is -0.132. The van der Waals surface area contributed by atoms with Crippen LogP contribution in [-0.2, 0) is 16.1 Å². The summed E-state index contributed by atoms with van der Waals surface area (Å²) in [6.07, 6.45) is 1.40. The van der Waals surface area contributed by atoms with Crippen LogP contribution in [0.2, 0.25) is 0 Å². The van der Waals surface area contributed by atoms with Crippen molar-refractivity contribution in [3.8, 4) is 0 Å². The van der Waals surface area contributed by atoms with E-state index in [1.54, 1.807) is 11.3 Å². The van der Waals surface area contributed by atoms with Gasteiger partial charge in [-0.15, -0.1) is 0 Å². The summed E-state index contributed by atoms with van der Waals surface area (Å²) in [5.74, 6) is 4.88. The van der Waals surface area contributed by atoms with E-state index >= 15 is 0 Å². The zero-order valence-corrected chi connectivity index (χ0v) is 11.3. The summed E-state index contributed by atoms with van der Waals surface area (Å²) < 4.78 is 5.67. The first-order valence-electron chi connectivity index (χ1n) is 6.04. The lowest BCUT2D eigenvalue weighted by atomic mass is 10.2. The van der Waals surface area contributed by atoms with E-state index in [0.29, 0.717) is 0 Å². The molecule has 2 unspecified atom stereocenters. The van der Waals surface area contributed by atoms with Crippen LogP contribution in [0.4, 0.5) is 0 Å². The lowest BCUT2D eigenvalue weighted by Gasteiger charge is -2.20. The molecule has 1 amide bonds. The predicted octanol–water partition coefficient (Wildman–Crippen LogP) is 0.717. The number of thiophene rings is 1. The number of hydrazine groups is 1. The van der Waals surface area contributed by atoms with Crippen LogP contribution < -0.4 is 11.3 Å². The molecule has 0 radical (unpaired) electrons. The van der Waals surface area contributed by atoms with Gasteiger partial charge in [0, 0.05) is 13.1 Å². The fourth-order valence-corrected chi connectivity index (χ4v) is 2.89. The first-order chi connectivity index (χ1) is 8.69. The third-order valence-electron chi connectivity index (χ3n) is 3.09. The predicted molar refractivity (Wildman–Crippen MR) is 70.9 cm³/mol. The molecule has 1 aromatic rings. The second kappa shape index (κ2) is 6.29. The molecule has 2 atom stereocenters. The Balaban J connectivity index is 1.75. The van der Waals surface area contributed by atoms with E-state index in [-0.39, 0.29) is 18.1 Å². The van der Waals surface area contributed by atoms with Crippen molar-refractivity contribution in [2.45, 2.75) is 31.6 Å². The molecule has 1 aliphatic heterocycles. The maximum absolute atomic E-state index is 11.3. The molecule has 1 aromatic heterocycles. The van der Waals surface area contributed by atoms with Crippen LogP contribution in [0.25, 0.3) is 0 Å². The number of carbonyl (C=O) groups is 1. The standard InChI is InChI=1S/C12H19N3O2S/c1-15(6-9-4-5-18-8-9)7-10-2-3-11(17-10)12(16)14-13/h4-5,8,10-11H,2-3,6-7,13H2,1H3,(H,14,16). The molecule has 0 aliphatic carbocycles. The zero-order chi connectivity index (χ0) is 13.0. The van der Waals surface area contributed by atoms with Gasteiger partial charge in [0.05, 0.1) is 6.10 Å². The fourth-order valence-electron chi connectivity index (χ4n) is 2.23. The van der Waals surface area contributed by atoms with E-state index in [9.17, 15) is 4.79 Å². The van der Waals surface area contributed by atoms with Crippen LogP contribution in [0.5, 0.6) is 0 Å². The summed E-state index contributed by atoms with van der Waals surface area (Å²) in [6.45, 7) is 1.75. The summed E-state index contributed by atoms with van der Waals surface area (Å²) in [5.41, 5.74) is 3.46. The minimum atomic E-state index is -0.380. The van der Waals surface area contributed by atoms with Gasteiger partial charge in [0.15, 0.2) is 0 Å².